The zero-order valence-electron chi connectivity index (χ0n) is 8.57. The molecule has 0 atom stereocenters. The maximum Gasteiger partial charge on any atom is 0.134 e. The van der Waals surface area contributed by atoms with Crippen LogP contribution < -0.4 is 0 Å². The molecule has 0 bridgehead atoms. The normalized spacial score (nSPS) is 10.3. The topological polar surface area (TPSA) is 36.9 Å². The van der Waals surface area contributed by atoms with Crippen molar-refractivity contribution in [1.82, 2.24) is 0 Å². The molecule has 0 amide bonds. The van der Waals surface area contributed by atoms with E-state index in [-0.39, 0.29) is 0 Å². The van der Waals surface area contributed by atoms with Crippen molar-refractivity contribution >= 4 is 11.0 Å². The van der Waals surface area contributed by atoms with Crippen molar-refractivity contribution in [3.8, 4) is 6.07 Å². The highest BCUT2D eigenvalue weighted by molar-refractivity contribution is 5.77. The fourth-order valence-corrected chi connectivity index (χ4v) is 1.66. The summed E-state index contributed by atoms with van der Waals surface area (Å²) in [4.78, 5) is 0. The molecule has 2 heteroatoms. The van der Waals surface area contributed by atoms with Gasteiger partial charge in [-0.2, -0.15) is 5.26 Å². The first kappa shape index (κ1) is 9.79. The Bertz CT molecular complexity index is 445. The lowest BCUT2D eigenvalue weighted by Gasteiger charge is -1.92. The van der Waals surface area contributed by atoms with E-state index < -0.39 is 0 Å². The van der Waals surface area contributed by atoms with Gasteiger partial charge in [0, 0.05) is 18.2 Å². The number of para-hydroxylation sites is 1. The van der Waals surface area contributed by atoms with Gasteiger partial charge in [0.05, 0.1) is 6.07 Å². The highest BCUT2D eigenvalue weighted by atomic mass is 16.3. The number of unbranched alkanes of at least 4 members (excludes halogenated alkanes) is 2. The molecular weight excluding hydrogens is 186 g/mol. The summed E-state index contributed by atoms with van der Waals surface area (Å²) < 4.78 is 5.67. The molecule has 1 heterocycles. The van der Waals surface area contributed by atoms with E-state index in [1.165, 1.54) is 0 Å². The number of rotatable bonds is 4. The number of fused-ring (bicyclic) bond motifs is 1. The Balaban J connectivity index is 2.00. The minimum Gasteiger partial charge on any atom is -0.461 e. The standard InChI is InChI=1S/C13H13NO/c14-9-5-1-2-7-12-10-11-6-3-4-8-13(11)15-12/h3-4,6,8,10H,1-2,5,7H2. The number of furan rings is 1. The van der Waals surface area contributed by atoms with Crippen LogP contribution in [0.3, 0.4) is 0 Å². The third kappa shape index (κ3) is 2.38. The molecule has 2 nitrogen and oxygen atoms in total. The maximum absolute atomic E-state index is 8.40. The molecule has 1 aromatic carbocycles. The molecule has 2 rings (SSSR count). The third-order valence-corrected chi connectivity index (χ3v) is 2.44. The average Bonchev–Trinajstić information content (AvgIpc) is 2.67. The summed E-state index contributed by atoms with van der Waals surface area (Å²) >= 11 is 0. The van der Waals surface area contributed by atoms with Crippen molar-refractivity contribution in [2.45, 2.75) is 25.7 Å². The molecule has 0 aliphatic rings. The number of benzene rings is 1. The molecule has 0 saturated carbocycles. The van der Waals surface area contributed by atoms with Gasteiger partial charge in [0.2, 0.25) is 0 Å². The van der Waals surface area contributed by atoms with Crippen LogP contribution >= 0.6 is 0 Å². The highest BCUT2D eigenvalue weighted by Gasteiger charge is 2.01. The van der Waals surface area contributed by atoms with Crippen LogP contribution in [0.1, 0.15) is 25.0 Å². The van der Waals surface area contributed by atoms with Gasteiger partial charge in [-0.15, -0.1) is 0 Å². The Morgan fingerprint density at radius 2 is 2.07 bits per heavy atom. The van der Waals surface area contributed by atoms with Crippen LogP contribution in [0.2, 0.25) is 0 Å². The Hall–Kier alpha value is -1.75. The van der Waals surface area contributed by atoms with E-state index in [4.69, 9.17) is 9.68 Å². The molecule has 76 valence electrons. The zero-order valence-corrected chi connectivity index (χ0v) is 8.57. The molecule has 15 heavy (non-hydrogen) atoms. The lowest BCUT2D eigenvalue weighted by atomic mass is 10.1. The van der Waals surface area contributed by atoms with Crippen LogP contribution in [0.5, 0.6) is 0 Å². The van der Waals surface area contributed by atoms with Gasteiger partial charge >= 0.3 is 0 Å². The first-order chi connectivity index (χ1) is 7.40. The van der Waals surface area contributed by atoms with Crippen molar-refractivity contribution in [3.05, 3.63) is 36.1 Å². The van der Waals surface area contributed by atoms with Crippen molar-refractivity contribution in [2.75, 3.05) is 0 Å². The fourth-order valence-electron chi connectivity index (χ4n) is 1.66. The second kappa shape index (κ2) is 4.65. The lowest BCUT2D eigenvalue weighted by molar-refractivity contribution is 0.534. The van der Waals surface area contributed by atoms with Crippen LogP contribution in [-0.2, 0) is 6.42 Å². The van der Waals surface area contributed by atoms with Gasteiger partial charge in [0.25, 0.3) is 0 Å². The zero-order chi connectivity index (χ0) is 10.5. The minimum absolute atomic E-state index is 0.639. The van der Waals surface area contributed by atoms with Crippen LogP contribution in [0.4, 0.5) is 0 Å². The molecule has 0 fully saturated rings. The van der Waals surface area contributed by atoms with E-state index >= 15 is 0 Å². The Labute approximate surface area is 89.1 Å². The maximum atomic E-state index is 8.40. The summed E-state index contributed by atoms with van der Waals surface area (Å²) in [6, 6.07) is 12.3. The predicted octanol–water partition coefficient (Wildman–Crippen LogP) is 3.67. The van der Waals surface area contributed by atoms with Crippen LogP contribution in [-0.4, -0.2) is 0 Å². The first-order valence-electron chi connectivity index (χ1n) is 5.24. The molecule has 2 aromatic rings. The smallest absolute Gasteiger partial charge is 0.134 e. The summed E-state index contributed by atoms with van der Waals surface area (Å²) in [6.07, 6.45) is 3.54. The molecule has 0 radical (unpaired) electrons. The van der Waals surface area contributed by atoms with Gasteiger partial charge in [0.15, 0.2) is 0 Å². The summed E-state index contributed by atoms with van der Waals surface area (Å²) in [7, 11) is 0. The lowest BCUT2D eigenvalue weighted by Crippen LogP contribution is -1.81. The van der Waals surface area contributed by atoms with Crippen molar-refractivity contribution in [2.24, 2.45) is 0 Å². The molecule has 0 aliphatic carbocycles. The molecule has 0 N–H and O–H groups in total. The van der Waals surface area contributed by atoms with Gasteiger partial charge < -0.3 is 4.42 Å². The molecular formula is C13H13NO. The SMILES string of the molecule is N#CCCCCc1cc2ccccc2o1. The Morgan fingerprint density at radius 1 is 1.20 bits per heavy atom. The van der Waals surface area contributed by atoms with Gasteiger partial charge in [0.1, 0.15) is 11.3 Å². The average molecular weight is 199 g/mol. The largest absolute Gasteiger partial charge is 0.461 e. The monoisotopic (exact) mass is 199 g/mol. The number of nitriles is 1. The van der Waals surface area contributed by atoms with Gasteiger partial charge in [-0.05, 0) is 25.0 Å². The first-order valence-corrected chi connectivity index (χ1v) is 5.24. The number of hydrogen-bond acceptors (Lipinski definition) is 2. The van der Waals surface area contributed by atoms with E-state index in [1.54, 1.807) is 0 Å². The summed E-state index contributed by atoms with van der Waals surface area (Å²) in [5.74, 6) is 1.02. The predicted molar refractivity (Wildman–Crippen MR) is 59.4 cm³/mol. The second-order valence-electron chi connectivity index (χ2n) is 3.62. The van der Waals surface area contributed by atoms with E-state index in [0.717, 1.165) is 36.0 Å². The summed E-state index contributed by atoms with van der Waals surface area (Å²) in [5.41, 5.74) is 0.952. The van der Waals surface area contributed by atoms with E-state index in [0.29, 0.717) is 6.42 Å². The Kier molecular flexibility index (Phi) is 3.04. The summed E-state index contributed by atoms with van der Waals surface area (Å²) in [5, 5.41) is 9.56. The second-order valence-corrected chi connectivity index (χ2v) is 3.62. The molecule has 0 spiro atoms. The molecule has 1 aromatic heterocycles. The van der Waals surface area contributed by atoms with Crippen molar-refractivity contribution < 1.29 is 4.42 Å². The van der Waals surface area contributed by atoms with Gasteiger partial charge in [-0.1, -0.05) is 18.2 Å². The third-order valence-electron chi connectivity index (χ3n) is 2.44. The van der Waals surface area contributed by atoms with Gasteiger partial charge in [-0.25, -0.2) is 0 Å². The van der Waals surface area contributed by atoms with Crippen LogP contribution in [0.15, 0.2) is 34.7 Å². The number of hydrogen-bond donors (Lipinski definition) is 0. The van der Waals surface area contributed by atoms with Crippen molar-refractivity contribution in [1.29, 1.82) is 5.26 Å². The molecule has 0 saturated heterocycles. The number of nitrogens with zero attached hydrogens (tertiary/aromatic N) is 1. The van der Waals surface area contributed by atoms with E-state index in [2.05, 4.69) is 18.2 Å². The summed E-state index contributed by atoms with van der Waals surface area (Å²) in [6.45, 7) is 0. The number of aryl methyl sites for hydroxylation is 1. The van der Waals surface area contributed by atoms with Crippen LogP contribution in [0, 0.1) is 11.3 Å². The quantitative estimate of drug-likeness (QED) is 0.704. The molecule has 0 aliphatic heterocycles. The fraction of sp³-hybridized carbons (Fsp3) is 0.308. The minimum atomic E-state index is 0.639. The molecule has 0 unspecified atom stereocenters. The van der Waals surface area contributed by atoms with Crippen molar-refractivity contribution in [3.63, 3.8) is 0 Å². The van der Waals surface area contributed by atoms with E-state index in [9.17, 15) is 0 Å². The van der Waals surface area contributed by atoms with E-state index in [1.807, 2.05) is 18.2 Å². The van der Waals surface area contributed by atoms with Crippen LogP contribution in [0.25, 0.3) is 11.0 Å². The van der Waals surface area contributed by atoms with Gasteiger partial charge in [-0.3, -0.25) is 0 Å². The highest BCUT2D eigenvalue weighted by Crippen LogP contribution is 2.20. The Morgan fingerprint density at radius 3 is 2.87 bits per heavy atom.